The smallest absolute Gasteiger partial charge is 0.240 e. The van der Waals surface area contributed by atoms with Crippen LogP contribution in [0.1, 0.15) is 25.3 Å². The van der Waals surface area contributed by atoms with Gasteiger partial charge in [-0.3, -0.25) is 9.10 Å². The number of carbonyl (C=O) groups is 1. The van der Waals surface area contributed by atoms with E-state index in [1.165, 1.54) is 0 Å². The van der Waals surface area contributed by atoms with Crippen molar-refractivity contribution in [1.29, 1.82) is 0 Å². The molecule has 158 valence electrons. The summed E-state index contributed by atoms with van der Waals surface area (Å²) in [6.45, 7) is 2.92. The van der Waals surface area contributed by atoms with Crippen molar-refractivity contribution in [2.75, 3.05) is 30.3 Å². The number of aryl methyl sites for hydroxylation is 1. The number of carbonyl (C=O) groups excluding carboxylic acids is 1. The fraction of sp³-hybridized carbons (Fsp3) is 0.381. The van der Waals surface area contributed by atoms with E-state index in [1.807, 2.05) is 24.3 Å². The minimum absolute atomic E-state index is 0.266. The van der Waals surface area contributed by atoms with Gasteiger partial charge in [-0.25, -0.2) is 8.42 Å². The molecule has 0 saturated carbocycles. The van der Waals surface area contributed by atoms with E-state index in [9.17, 15) is 13.2 Å². The van der Waals surface area contributed by atoms with E-state index < -0.39 is 10.0 Å². The summed E-state index contributed by atoms with van der Waals surface area (Å²) in [5.41, 5.74) is 1.54. The van der Waals surface area contributed by atoms with E-state index in [0.29, 0.717) is 23.3 Å². The Labute approximate surface area is 181 Å². The standard InChI is InChI=1S/C21H27BrN2O4S/c1-3-15-28-20-13-7-4-9-17(20)10-8-14-23-21(25)16-24(29(2,26)27)19-12-6-5-11-18(19)22/h4-7,9,11-13H,3,8,10,14-16H2,1-2H3,(H,23,25). The van der Waals surface area contributed by atoms with Crippen LogP contribution in [0.5, 0.6) is 5.75 Å². The summed E-state index contributed by atoms with van der Waals surface area (Å²) in [7, 11) is -3.60. The van der Waals surface area contributed by atoms with Gasteiger partial charge in [-0.15, -0.1) is 0 Å². The highest BCUT2D eigenvalue weighted by atomic mass is 79.9. The number of anilines is 1. The summed E-state index contributed by atoms with van der Waals surface area (Å²) < 4.78 is 31.8. The molecule has 2 rings (SSSR count). The van der Waals surface area contributed by atoms with Crippen molar-refractivity contribution in [2.45, 2.75) is 26.2 Å². The molecule has 0 spiro atoms. The predicted molar refractivity (Wildman–Crippen MR) is 120 cm³/mol. The molecule has 0 bridgehead atoms. The molecule has 0 aliphatic heterocycles. The van der Waals surface area contributed by atoms with Gasteiger partial charge in [0.15, 0.2) is 0 Å². The van der Waals surface area contributed by atoms with Crippen LogP contribution in [0.4, 0.5) is 5.69 Å². The summed E-state index contributed by atoms with van der Waals surface area (Å²) in [5, 5.41) is 2.81. The Kier molecular flexibility index (Phi) is 8.98. The molecule has 29 heavy (non-hydrogen) atoms. The second-order valence-electron chi connectivity index (χ2n) is 6.63. The van der Waals surface area contributed by atoms with Crippen molar-refractivity contribution in [3.05, 3.63) is 58.6 Å². The van der Waals surface area contributed by atoms with Crippen molar-refractivity contribution in [2.24, 2.45) is 0 Å². The summed E-state index contributed by atoms with van der Waals surface area (Å²) in [6, 6.07) is 14.8. The second kappa shape index (κ2) is 11.2. The number of nitrogens with one attached hydrogen (secondary N) is 1. The lowest BCUT2D eigenvalue weighted by atomic mass is 10.1. The van der Waals surface area contributed by atoms with Gasteiger partial charge in [0.25, 0.3) is 0 Å². The fourth-order valence-corrected chi connectivity index (χ4v) is 4.28. The van der Waals surface area contributed by atoms with Crippen LogP contribution < -0.4 is 14.4 Å². The lowest BCUT2D eigenvalue weighted by Crippen LogP contribution is -2.40. The first-order valence-electron chi connectivity index (χ1n) is 9.52. The van der Waals surface area contributed by atoms with Crippen LogP contribution in [0.15, 0.2) is 53.0 Å². The molecule has 0 aromatic heterocycles. The lowest BCUT2D eigenvalue weighted by molar-refractivity contribution is -0.119. The Morgan fingerprint density at radius 2 is 1.83 bits per heavy atom. The highest BCUT2D eigenvalue weighted by Gasteiger charge is 2.22. The minimum Gasteiger partial charge on any atom is -0.493 e. The van der Waals surface area contributed by atoms with Crippen molar-refractivity contribution < 1.29 is 17.9 Å². The number of hydrogen-bond donors (Lipinski definition) is 1. The maximum Gasteiger partial charge on any atom is 0.240 e. The maximum atomic E-state index is 12.3. The Morgan fingerprint density at radius 1 is 1.14 bits per heavy atom. The Balaban J connectivity index is 1.90. The Morgan fingerprint density at radius 3 is 2.52 bits per heavy atom. The first kappa shape index (κ1) is 23.2. The number of amides is 1. The zero-order valence-electron chi connectivity index (χ0n) is 16.7. The van der Waals surface area contributed by atoms with Gasteiger partial charge in [-0.05, 0) is 59.0 Å². The zero-order valence-corrected chi connectivity index (χ0v) is 19.1. The van der Waals surface area contributed by atoms with Crippen LogP contribution in [0.2, 0.25) is 0 Å². The molecule has 0 atom stereocenters. The Bertz CT molecular complexity index is 918. The third kappa shape index (κ3) is 7.36. The number of halogens is 1. The molecule has 2 aromatic carbocycles. The summed E-state index contributed by atoms with van der Waals surface area (Å²) >= 11 is 3.34. The predicted octanol–water partition coefficient (Wildman–Crippen LogP) is 3.75. The molecule has 8 heteroatoms. The normalized spacial score (nSPS) is 11.1. The molecule has 2 aromatic rings. The molecule has 0 aliphatic carbocycles. The van der Waals surface area contributed by atoms with Crippen LogP contribution in [-0.2, 0) is 21.2 Å². The molecule has 0 heterocycles. The van der Waals surface area contributed by atoms with Gasteiger partial charge in [0, 0.05) is 11.0 Å². The summed E-state index contributed by atoms with van der Waals surface area (Å²) in [4.78, 5) is 12.3. The van der Waals surface area contributed by atoms with Crippen molar-refractivity contribution in [1.82, 2.24) is 5.32 Å². The molecule has 6 nitrogen and oxygen atoms in total. The average molecular weight is 483 g/mol. The van der Waals surface area contributed by atoms with E-state index in [4.69, 9.17) is 4.74 Å². The zero-order chi connectivity index (χ0) is 21.3. The van der Waals surface area contributed by atoms with Crippen LogP contribution in [0, 0.1) is 0 Å². The highest BCUT2D eigenvalue weighted by molar-refractivity contribution is 9.10. The van der Waals surface area contributed by atoms with E-state index in [1.54, 1.807) is 24.3 Å². The van der Waals surface area contributed by atoms with Crippen LogP contribution in [0.3, 0.4) is 0 Å². The number of nitrogens with zero attached hydrogens (tertiary/aromatic N) is 1. The number of para-hydroxylation sites is 2. The third-order valence-electron chi connectivity index (χ3n) is 4.19. The number of ether oxygens (including phenoxy) is 1. The summed E-state index contributed by atoms with van der Waals surface area (Å²) in [6.07, 6.45) is 3.53. The number of benzene rings is 2. The van der Waals surface area contributed by atoms with E-state index in [-0.39, 0.29) is 12.5 Å². The fourth-order valence-electron chi connectivity index (χ4n) is 2.79. The highest BCUT2D eigenvalue weighted by Crippen LogP contribution is 2.27. The molecular weight excluding hydrogens is 456 g/mol. The van der Waals surface area contributed by atoms with Crippen molar-refractivity contribution in [3.63, 3.8) is 0 Å². The molecule has 0 aliphatic rings. The largest absolute Gasteiger partial charge is 0.493 e. The molecule has 0 unspecified atom stereocenters. The first-order valence-corrected chi connectivity index (χ1v) is 12.2. The monoisotopic (exact) mass is 482 g/mol. The van der Waals surface area contributed by atoms with Gasteiger partial charge in [-0.1, -0.05) is 37.3 Å². The lowest BCUT2D eigenvalue weighted by Gasteiger charge is -2.23. The number of sulfonamides is 1. The quantitative estimate of drug-likeness (QED) is 0.494. The third-order valence-corrected chi connectivity index (χ3v) is 5.99. The SMILES string of the molecule is CCCOc1ccccc1CCCNC(=O)CN(c1ccccc1Br)S(C)(=O)=O. The van der Waals surface area contributed by atoms with Gasteiger partial charge in [0.05, 0.1) is 18.6 Å². The molecular formula is C21H27BrN2O4S. The maximum absolute atomic E-state index is 12.3. The van der Waals surface area contributed by atoms with Crippen molar-refractivity contribution >= 4 is 37.5 Å². The van der Waals surface area contributed by atoms with Crippen LogP contribution in [-0.4, -0.2) is 40.3 Å². The van der Waals surface area contributed by atoms with Gasteiger partial charge in [0.2, 0.25) is 15.9 Å². The average Bonchev–Trinajstić information content (AvgIpc) is 2.68. The van der Waals surface area contributed by atoms with Gasteiger partial charge >= 0.3 is 0 Å². The number of rotatable bonds is 11. The summed E-state index contributed by atoms with van der Waals surface area (Å²) in [5.74, 6) is 0.527. The van der Waals surface area contributed by atoms with E-state index >= 15 is 0 Å². The molecule has 0 saturated heterocycles. The first-order chi connectivity index (χ1) is 13.8. The molecule has 1 amide bonds. The van der Waals surface area contributed by atoms with Crippen LogP contribution >= 0.6 is 15.9 Å². The second-order valence-corrected chi connectivity index (χ2v) is 9.39. The molecule has 0 fully saturated rings. The van der Waals surface area contributed by atoms with Crippen molar-refractivity contribution in [3.8, 4) is 5.75 Å². The number of hydrogen-bond acceptors (Lipinski definition) is 4. The van der Waals surface area contributed by atoms with Crippen LogP contribution in [0.25, 0.3) is 0 Å². The minimum atomic E-state index is -3.60. The van der Waals surface area contributed by atoms with E-state index in [2.05, 4.69) is 28.2 Å². The van der Waals surface area contributed by atoms with E-state index in [0.717, 1.165) is 41.1 Å². The molecule has 1 N–H and O–H groups in total. The molecule has 0 radical (unpaired) electrons. The topological polar surface area (TPSA) is 75.7 Å². The van der Waals surface area contributed by atoms with Gasteiger partial charge in [-0.2, -0.15) is 0 Å². The Hall–Kier alpha value is -2.06. The van der Waals surface area contributed by atoms with Gasteiger partial charge < -0.3 is 10.1 Å². The van der Waals surface area contributed by atoms with Gasteiger partial charge in [0.1, 0.15) is 12.3 Å².